The molecule has 2 aliphatic rings. The fourth-order valence-corrected chi connectivity index (χ4v) is 2.86. The molecular formula is C14H18FN3O. The van der Waals surface area contributed by atoms with Gasteiger partial charge in [0.05, 0.1) is 24.8 Å². The first-order chi connectivity index (χ1) is 9.15. The van der Waals surface area contributed by atoms with Gasteiger partial charge in [-0.15, -0.1) is 0 Å². The average Bonchev–Trinajstić information content (AvgIpc) is 2.95. The minimum Gasteiger partial charge on any atom is -0.373 e. The van der Waals surface area contributed by atoms with Crippen molar-refractivity contribution in [3.05, 3.63) is 30.1 Å². The first-order valence-electron chi connectivity index (χ1n) is 6.65. The second kappa shape index (κ2) is 4.81. The number of guanidine groups is 1. The number of rotatable bonds is 2. The molecule has 1 aromatic rings. The minimum atomic E-state index is -0.267. The van der Waals surface area contributed by atoms with Gasteiger partial charge in [-0.25, -0.2) is 4.39 Å². The van der Waals surface area contributed by atoms with E-state index in [0.717, 1.165) is 18.5 Å². The summed E-state index contributed by atoms with van der Waals surface area (Å²) in [5, 5.41) is 0. The first kappa shape index (κ1) is 12.4. The molecule has 0 amide bonds. The van der Waals surface area contributed by atoms with Crippen molar-refractivity contribution in [2.75, 3.05) is 11.4 Å². The van der Waals surface area contributed by atoms with Gasteiger partial charge >= 0.3 is 0 Å². The van der Waals surface area contributed by atoms with Gasteiger partial charge in [-0.05, 0) is 38.0 Å². The van der Waals surface area contributed by atoms with Crippen LogP contribution in [0.4, 0.5) is 10.1 Å². The number of aliphatic imine (C=N–C) groups is 1. The molecule has 4 nitrogen and oxygen atoms in total. The van der Waals surface area contributed by atoms with Crippen LogP contribution in [0, 0.1) is 5.82 Å². The normalized spacial score (nSPS) is 30.7. The maximum atomic E-state index is 13.4. The van der Waals surface area contributed by atoms with Crippen LogP contribution in [0.2, 0.25) is 0 Å². The molecule has 19 heavy (non-hydrogen) atoms. The summed E-state index contributed by atoms with van der Waals surface area (Å²) in [5.74, 6) is 0.176. The summed E-state index contributed by atoms with van der Waals surface area (Å²) in [6.07, 6.45) is 2.45. The lowest BCUT2D eigenvalue weighted by atomic mass is 10.1. The fourth-order valence-electron chi connectivity index (χ4n) is 2.86. The zero-order chi connectivity index (χ0) is 13.4. The van der Waals surface area contributed by atoms with Crippen molar-refractivity contribution in [2.24, 2.45) is 10.7 Å². The van der Waals surface area contributed by atoms with Crippen LogP contribution >= 0.6 is 0 Å². The van der Waals surface area contributed by atoms with Gasteiger partial charge in [0.1, 0.15) is 5.82 Å². The summed E-state index contributed by atoms with van der Waals surface area (Å²) in [6.45, 7) is 2.69. The molecule has 0 radical (unpaired) electrons. The van der Waals surface area contributed by atoms with Crippen molar-refractivity contribution < 1.29 is 9.13 Å². The van der Waals surface area contributed by atoms with Crippen molar-refractivity contribution >= 4 is 11.6 Å². The molecule has 102 valence electrons. The molecule has 1 aromatic carbocycles. The Hall–Kier alpha value is -1.62. The molecule has 3 atom stereocenters. The Morgan fingerprint density at radius 2 is 2.26 bits per heavy atom. The summed E-state index contributed by atoms with van der Waals surface area (Å²) in [5.41, 5.74) is 6.69. The highest BCUT2D eigenvalue weighted by atomic mass is 19.1. The van der Waals surface area contributed by atoms with Crippen molar-refractivity contribution in [1.29, 1.82) is 0 Å². The lowest BCUT2D eigenvalue weighted by Gasteiger charge is -2.30. The Labute approximate surface area is 112 Å². The molecule has 0 bridgehead atoms. The number of hydrogen-bond donors (Lipinski definition) is 1. The van der Waals surface area contributed by atoms with Crippen molar-refractivity contribution in [1.82, 2.24) is 0 Å². The van der Waals surface area contributed by atoms with E-state index in [1.807, 2.05) is 11.0 Å². The van der Waals surface area contributed by atoms with Crippen LogP contribution in [0.3, 0.4) is 0 Å². The van der Waals surface area contributed by atoms with Crippen LogP contribution in [-0.4, -0.2) is 30.8 Å². The fraction of sp³-hybridized carbons (Fsp3) is 0.500. The number of anilines is 1. The molecule has 1 saturated heterocycles. The third-order valence-corrected chi connectivity index (χ3v) is 3.80. The van der Waals surface area contributed by atoms with Gasteiger partial charge in [0.2, 0.25) is 0 Å². The van der Waals surface area contributed by atoms with Gasteiger partial charge in [0.15, 0.2) is 5.96 Å². The van der Waals surface area contributed by atoms with Crippen LogP contribution in [0.25, 0.3) is 0 Å². The molecule has 3 rings (SSSR count). The van der Waals surface area contributed by atoms with E-state index in [0.29, 0.717) is 12.5 Å². The lowest BCUT2D eigenvalue weighted by Crippen LogP contribution is -2.47. The number of halogens is 1. The van der Waals surface area contributed by atoms with Gasteiger partial charge < -0.3 is 15.4 Å². The highest BCUT2D eigenvalue weighted by Gasteiger charge is 2.38. The summed E-state index contributed by atoms with van der Waals surface area (Å²) >= 11 is 0. The van der Waals surface area contributed by atoms with E-state index >= 15 is 0 Å². The molecule has 2 heterocycles. The molecule has 0 aromatic heterocycles. The van der Waals surface area contributed by atoms with E-state index in [9.17, 15) is 4.39 Å². The monoisotopic (exact) mass is 263 g/mol. The van der Waals surface area contributed by atoms with Gasteiger partial charge in [0, 0.05) is 5.69 Å². The van der Waals surface area contributed by atoms with Crippen molar-refractivity contribution in [2.45, 2.75) is 38.0 Å². The summed E-state index contributed by atoms with van der Waals surface area (Å²) < 4.78 is 19.3. The summed E-state index contributed by atoms with van der Waals surface area (Å²) in [4.78, 5) is 6.19. The molecule has 0 spiro atoms. The van der Waals surface area contributed by atoms with E-state index in [1.54, 1.807) is 6.07 Å². The zero-order valence-electron chi connectivity index (χ0n) is 10.9. The smallest absolute Gasteiger partial charge is 0.196 e. The third-order valence-electron chi connectivity index (χ3n) is 3.80. The van der Waals surface area contributed by atoms with Crippen LogP contribution in [0.1, 0.15) is 19.8 Å². The topological polar surface area (TPSA) is 50.8 Å². The molecule has 0 saturated carbocycles. The van der Waals surface area contributed by atoms with Crippen LogP contribution in [-0.2, 0) is 4.74 Å². The Morgan fingerprint density at radius 1 is 1.42 bits per heavy atom. The Balaban J connectivity index is 1.86. The standard InChI is InChI=1S/C14H18FN3O/c1-9-5-6-13(19-9)12-8-17-14(16)18(12)11-4-2-3-10(15)7-11/h2-4,7,9,12-13H,5-6,8H2,1H3,(H2,16,17). The van der Waals surface area contributed by atoms with E-state index in [2.05, 4.69) is 11.9 Å². The predicted octanol–water partition coefficient (Wildman–Crippen LogP) is 1.90. The van der Waals surface area contributed by atoms with Crippen LogP contribution in [0.5, 0.6) is 0 Å². The Kier molecular flexibility index (Phi) is 3.14. The quantitative estimate of drug-likeness (QED) is 0.886. The summed E-state index contributed by atoms with van der Waals surface area (Å²) in [7, 11) is 0. The maximum absolute atomic E-state index is 13.4. The predicted molar refractivity (Wildman–Crippen MR) is 72.7 cm³/mol. The average molecular weight is 263 g/mol. The van der Waals surface area contributed by atoms with E-state index in [1.165, 1.54) is 12.1 Å². The van der Waals surface area contributed by atoms with Gasteiger partial charge in [-0.3, -0.25) is 4.99 Å². The van der Waals surface area contributed by atoms with Gasteiger partial charge in [-0.2, -0.15) is 0 Å². The molecule has 1 fully saturated rings. The summed E-state index contributed by atoms with van der Waals surface area (Å²) in [6, 6.07) is 6.52. The molecular weight excluding hydrogens is 245 g/mol. The Bertz CT molecular complexity index is 505. The number of hydrogen-bond acceptors (Lipinski definition) is 4. The van der Waals surface area contributed by atoms with E-state index in [-0.39, 0.29) is 24.1 Å². The number of benzene rings is 1. The second-order valence-electron chi connectivity index (χ2n) is 5.18. The number of nitrogens with two attached hydrogens (primary N) is 1. The van der Waals surface area contributed by atoms with Crippen LogP contribution in [0.15, 0.2) is 29.3 Å². The van der Waals surface area contributed by atoms with Crippen LogP contribution < -0.4 is 10.6 Å². The molecule has 2 aliphatic heterocycles. The zero-order valence-corrected chi connectivity index (χ0v) is 10.9. The first-order valence-corrected chi connectivity index (χ1v) is 6.65. The van der Waals surface area contributed by atoms with E-state index < -0.39 is 0 Å². The molecule has 5 heteroatoms. The number of nitrogens with zero attached hydrogens (tertiary/aromatic N) is 2. The number of ether oxygens (including phenoxy) is 1. The van der Waals surface area contributed by atoms with Gasteiger partial charge in [0.25, 0.3) is 0 Å². The molecule has 0 aliphatic carbocycles. The lowest BCUT2D eigenvalue weighted by molar-refractivity contribution is 0.0440. The highest BCUT2D eigenvalue weighted by Crippen LogP contribution is 2.30. The minimum absolute atomic E-state index is 0.0757. The SMILES string of the molecule is CC1CCC(C2CN=C(N)N2c2cccc(F)c2)O1. The molecule has 2 N–H and O–H groups in total. The van der Waals surface area contributed by atoms with Crippen molar-refractivity contribution in [3.8, 4) is 0 Å². The van der Waals surface area contributed by atoms with Gasteiger partial charge in [-0.1, -0.05) is 6.07 Å². The molecule has 3 unspecified atom stereocenters. The van der Waals surface area contributed by atoms with E-state index in [4.69, 9.17) is 10.5 Å². The second-order valence-corrected chi connectivity index (χ2v) is 5.18. The highest BCUT2D eigenvalue weighted by molar-refractivity contribution is 5.97. The maximum Gasteiger partial charge on any atom is 0.196 e. The third kappa shape index (κ3) is 2.30. The Morgan fingerprint density at radius 3 is 2.95 bits per heavy atom. The largest absolute Gasteiger partial charge is 0.373 e. The van der Waals surface area contributed by atoms with Crippen molar-refractivity contribution in [3.63, 3.8) is 0 Å².